The predicted octanol–water partition coefficient (Wildman–Crippen LogP) is 2.26. The zero-order chi connectivity index (χ0) is 8.27. The molecule has 0 aromatic carbocycles. The molecular formula is C10H17N. The fourth-order valence-electron chi connectivity index (χ4n) is 1.33. The Morgan fingerprint density at radius 3 is 2.73 bits per heavy atom. The summed E-state index contributed by atoms with van der Waals surface area (Å²) in [6.07, 6.45) is 3.49. The average molecular weight is 151 g/mol. The number of hydrogen-bond acceptors (Lipinski definition) is 1. The molecule has 0 aromatic rings. The number of nitrogens with one attached hydrogen (secondary N) is 1. The van der Waals surface area contributed by atoms with Gasteiger partial charge in [0.1, 0.15) is 0 Å². The van der Waals surface area contributed by atoms with Gasteiger partial charge in [-0.15, -0.1) is 0 Å². The van der Waals surface area contributed by atoms with Crippen LogP contribution in [0, 0.1) is 0 Å². The van der Waals surface area contributed by atoms with Crippen molar-refractivity contribution < 1.29 is 0 Å². The maximum absolute atomic E-state index is 3.37. The molecule has 0 unspecified atom stereocenters. The van der Waals surface area contributed by atoms with Crippen molar-refractivity contribution in [2.45, 2.75) is 27.2 Å². The summed E-state index contributed by atoms with van der Waals surface area (Å²) in [5.74, 6) is 0. The molecule has 1 nitrogen and oxygen atoms in total. The van der Waals surface area contributed by atoms with Gasteiger partial charge in [-0.25, -0.2) is 0 Å². The van der Waals surface area contributed by atoms with Gasteiger partial charge >= 0.3 is 0 Å². The summed E-state index contributed by atoms with van der Waals surface area (Å²) in [7, 11) is 0. The van der Waals surface area contributed by atoms with E-state index in [1.165, 1.54) is 17.6 Å². The maximum atomic E-state index is 3.37. The Morgan fingerprint density at radius 2 is 2.18 bits per heavy atom. The zero-order valence-corrected chi connectivity index (χ0v) is 7.70. The van der Waals surface area contributed by atoms with E-state index in [4.69, 9.17) is 0 Å². The molecule has 0 aromatic heterocycles. The Labute approximate surface area is 69.2 Å². The number of rotatable bonds is 1. The molecule has 1 heteroatoms. The van der Waals surface area contributed by atoms with Crippen LogP contribution in [0.5, 0.6) is 0 Å². The van der Waals surface area contributed by atoms with Crippen molar-refractivity contribution in [3.8, 4) is 0 Å². The summed E-state index contributed by atoms with van der Waals surface area (Å²) >= 11 is 0. The molecule has 0 atom stereocenters. The minimum absolute atomic E-state index is 1.05. The largest absolute Gasteiger partial charge is 0.312 e. The van der Waals surface area contributed by atoms with Crippen molar-refractivity contribution >= 4 is 0 Å². The first-order valence-electron chi connectivity index (χ1n) is 4.24. The quantitative estimate of drug-likeness (QED) is 0.606. The van der Waals surface area contributed by atoms with E-state index >= 15 is 0 Å². The van der Waals surface area contributed by atoms with Crippen molar-refractivity contribution in [2.75, 3.05) is 13.1 Å². The van der Waals surface area contributed by atoms with Gasteiger partial charge in [-0.05, 0) is 39.3 Å². The standard InChI is InChI=1S/C10H17N/c1-8(2)6-10-7-11-5-4-9(10)3/h6,11H,4-5,7H2,1-3H3. The molecule has 62 valence electrons. The first-order valence-corrected chi connectivity index (χ1v) is 4.24. The van der Waals surface area contributed by atoms with E-state index in [1.807, 2.05) is 0 Å². The van der Waals surface area contributed by atoms with Gasteiger partial charge in [-0.2, -0.15) is 0 Å². The van der Waals surface area contributed by atoms with Crippen molar-refractivity contribution in [3.63, 3.8) is 0 Å². The summed E-state index contributed by atoms with van der Waals surface area (Å²) in [4.78, 5) is 0. The smallest absolute Gasteiger partial charge is 0.0205 e. The summed E-state index contributed by atoms with van der Waals surface area (Å²) in [6.45, 7) is 8.72. The molecule has 1 aliphatic rings. The molecule has 1 heterocycles. The van der Waals surface area contributed by atoms with Crippen LogP contribution >= 0.6 is 0 Å². The highest BCUT2D eigenvalue weighted by Crippen LogP contribution is 2.13. The van der Waals surface area contributed by atoms with E-state index in [0.717, 1.165) is 13.1 Å². The molecule has 11 heavy (non-hydrogen) atoms. The van der Waals surface area contributed by atoms with E-state index in [1.54, 1.807) is 5.57 Å². The van der Waals surface area contributed by atoms with Crippen LogP contribution in [-0.4, -0.2) is 13.1 Å². The van der Waals surface area contributed by atoms with E-state index in [0.29, 0.717) is 0 Å². The first kappa shape index (κ1) is 8.54. The van der Waals surface area contributed by atoms with Gasteiger partial charge in [-0.3, -0.25) is 0 Å². The maximum Gasteiger partial charge on any atom is 0.0205 e. The minimum atomic E-state index is 1.05. The summed E-state index contributed by atoms with van der Waals surface area (Å²) in [6, 6.07) is 0. The Balaban J connectivity index is 2.75. The molecule has 0 fully saturated rings. The van der Waals surface area contributed by atoms with Gasteiger partial charge in [0.2, 0.25) is 0 Å². The van der Waals surface area contributed by atoms with Crippen molar-refractivity contribution in [3.05, 3.63) is 22.8 Å². The van der Waals surface area contributed by atoms with E-state index < -0.39 is 0 Å². The van der Waals surface area contributed by atoms with E-state index in [9.17, 15) is 0 Å². The lowest BCUT2D eigenvalue weighted by Crippen LogP contribution is -2.23. The van der Waals surface area contributed by atoms with Gasteiger partial charge in [0.15, 0.2) is 0 Å². The second-order valence-electron chi connectivity index (χ2n) is 3.45. The third-order valence-corrected chi connectivity index (χ3v) is 2.00. The van der Waals surface area contributed by atoms with Gasteiger partial charge in [-0.1, -0.05) is 17.2 Å². The highest BCUT2D eigenvalue weighted by molar-refractivity contribution is 5.29. The fraction of sp³-hybridized carbons (Fsp3) is 0.600. The van der Waals surface area contributed by atoms with Gasteiger partial charge in [0, 0.05) is 6.54 Å². The molecule has 0 saturated carbocycles. The van der Waals surface area contributed by atoms with Crippen LogP contribution in [0.4, 0.5) is 0 Å². The number of hydrogen-bond donors (Lipinski definition) is 1. The fourth-order valence-corrected chi connectivity index (χ4v) is 1.33. The second kappa shape index (κ2) is 3.72. The lowest BCUT2D eigenvalue weighted by Gasteiger charge is -2.16. The number of allylic oxidation sites excluding steroid dienone is 1. The van der Waals surface area contributed by atoms with Crippen LogP contribution in [-0.2, 0) is 0 Å². The monoisotopic (exact) mass is 151 g/mol. The molecule has 0 saturated heterocycles. The van der Waals surface area contributed by atoms with Crippen molar-refractivity contribution in [2.24, 2.45) is 0 Å². The SMILES string of the molecule is CC(C)=CC1=C(C)CCNC1. The highest BCUT2D eigenvalue weighted by atomic mass is 14.9. The van der Waals surface area contributed by atoms with Gasteiger partial charge in [0.25, 0.3) is 0 Å². The molecular weight excluding hydrogens is 134 g/mol. The Kier molecular flexibility index (Phi) is 2.89. The molecule has 0 bridgehead atoms. The zero-order valence-electron chi connectivity index (χ0n) is 7.70. The first-order chi connectivity index (χ1) is 5.20. The van der Waals surface area contributed by atoms with E-state index in [-0.39, 0.29) is 0 Å². The minimum Gasteiger partial charge on any atom is -0.312 e. The van der Waals surface area contributed by atoms with Crippen molar-refractivity contribution in [1.29, 1.82) is 0 Å². The third-order valence-electron chi connectivity index (χ3n) is 2.00. The Bertz CT molecular complexity index is 195. The summed E-state index contributed by atoms with van der Waals surface area (Å²) in [5.41, 5.74) is 4.42. The molecule has 1 N–H and O–H groups in total. The molecule has 0 aliphatic carbocycles. The Morgan fingerprint density at radius 1 is 1.45 bits per heavy atom. The molecule has 1 rings (SSSR count). The topological polar surface area (TPSA) is 12.0 Å². The summed E-state index contributed by atoms with van der Waals surface area (Å²) < 4.78 is 0. The normalized spacial score (nSPS) is 18.5. The Hall–Kier alpha value is -0.560. The van der Waals surface area contributed by atoms with Crippen LogP contribution in [0.2, 0.25) is 0 Å². The van der Waals surface area contributed by atoms with Crippen molar-refractivity contribution in [1.82, 2.24) is 5.32 Å². The average Bonchev–Trinajstić information content (AvgIpc) is 1.93. The lowest BCUT2D eigenvalue weighted by atomic mass is 10.0. The summed E-state index contributed by atoms with van der Waals surface area (Å²) in [5, 5.41) is 3.37. The molecule has 1 aliphatic heterocycles. The van der Waals surface area contributed by atoms with Crippen LogP contribution < -0.4 is 5.32 Å². The molecule has 0 amide bonds. The van der Waals surface area contributed by atoms with Crippen LogP contribution in [0.25, 0.3) is 0 Å². The van der Waals surface area contributed by atoms with Crippen LogP contribution in [0.3, 0.4) is 0 Å². The van der Waals surface area contributed by atoms with Gasteiger partial charge in [0.05, 0.1) is 0 Å². The third kappa shape index (κ3) is 2.51. The lowest BCUT2D eigenvalue weighted by molar-refractivity contribution is 0.685. The van der Waals surface area contributed by atoms with E-state index in [2.05, 4.69) is 32.2 Å². The molecule has 0 radical (unpaired) electrons. The molecule has 0 spiro atoms. The van der Waals surface area contributed by atoms with Crippen LogP contribution in [0.1, 0.15) is 27.2 Å². The highest BCUT2D eigenvalue weighted by Gasteiger charge is 2.04. The second-order valence-corrected chi connectivity index (χ2v) is 3.45. The van der Waals surface area contributed by atoms with Gasteiger partial charge < -0.3 is 5.32 Å². The predicted molar refractivity (Wildman–Crippen MR) is 49.6 cm³/mol. The van der Waals surface area contributed by atoms with Crippen LogP contribution in [0.15, 0.2) is 22.8 Å².